The number of rotatable bonds is 6. The SMILES string of the molecule is CCn1c(C)cc(C(=O)CN2CCC(CCO)C2)c1C. The van der Waals surface area contributed by atoms with Gasteiger partial charge in [-0.3, -0.25) is 9.69 Å². The average Bonchev–Trinajstić information content (AvgIpc) is 2.95. The molecule has 0 aliphatic carbocycles. The maximum atomic E-state index is 12.5. The van der Waals surface area contributed by atoms with Crippen molar-refractivity contribution < 1.29 is 9.90 Å². The average molecular weight is 278 g/mol. The Hall–Kier alpha value is -1.13. The molecule has 0 amide bonds. The first kappa shape index (κ1) is 15.3. The molecule has 112 valence electrons. The van der Waals surface area contributed by atoms with Crippen molar-refractivity contribution in [3.8, 4) is 0 Å². The van der Waals surface area contributed by atoms with Crippen LogP contribution in [0.25, 0.3) is 0 Å². The zero-order valence-electron chi connectivity index (χ0n) is 12.9. The van der Waals surface area contributed by atoms with Crippen molar-refractivity contribution in [2.24, 2.45) is 5.92 Å². The van der Waals surface area contributed by atoms with E-state index in [4.69, 9.17) is 5.11 Å². The van der Waals surface area contributed by atoms with Gasteiger partial charge in [0.05, 0.1) is 6.54 Å². The Bertz CT molecular complexity index is 479. The predicted molar refractivity (Wildman–Crippen MR) is 80.2 cm³/mol. The highest BCUT2D eigenvalue weighted by Gasteiger charge is 2.25. The number of likely N-dealkylation sites (tertiary alicyclic amines) is 1. The van der Waals surface area contributed by atoms with Gasteiger partial charge in [0, 0.05) is 36.6 Å². The van der Waals surface area contributed by atoms with Gasteiger partial charge in [-0.1, -0.05) is 0 Å². The van der Waals surface area contributed by atoms with Crippen molar-refractivity contribution in [3.05, 3.63) is 23.0 Å². The minimum absolute atomic E-state index is 0.224. The Morgan fingerprint density at radius 1 is 1.45 bits per heavy atom. The Labute approximate surface area is 121 Å². The molecule has 20 heavy (non-hydrogen) atoms. The van der Waals surface area contributed by atoms with Gasteiger partial charge in [0.1, 0.15) is 0 Å². The minimum atomic E-state index is 0.224. The monoisotopic (exact) mass is 278 g/mol. The lowest BCUT2D eigenvalue weighted by Gasteiger charge is -2.15. The van der Waals surface area contributed by atoms with Crippen LogP contribution < -0.4 is 0 Å². The molecule has 1 atom stereocenters. The van der Waals surface area contributed by atoms with Crippen molar-refractivity contribution >= 4 is 5.78 Å². The smallest absolute Gasteiger partial charge is 0.178 e. The van der Waals surface area contributed by atoms with Crippen LogP contribution in [-0.4, -0.2) is 46.6 Å². The van der Waals surface area contributed by atoms with E-state index in [0.29, 0.717) is 12.5 Å². The van der Waals surface area contributed by atoms with Gasteiger partial charge in [-0.15, -0.1) is 0 Å². The summed E-state index contributed by atoms with van der Waals surface area (Å²) in [5, 5.41) is 8.98. The van der Waals surface area contributed by atoms with Crippen molar-refractivity contribution in [1.82, 2.24) is 9.47 Å². The molecular weight excluding hydrogens is 252 g/mol. The Balaban J connectivity index is 1.99. The molecule has 1 fully saturated rings. The van der Waals surface area contributed by atoms with E-state index in [1.807, 2.05) is 13.0 Å². The van der Waals surface area contributed by atoms with Crippen LogP contribution in [0.4, 0.5) is 0 Å². The highest BCUT2D eigenvalue weighted by Crippen LogP contribution is 2.21. The van der Waals surface area contributed by atoms with Gasteiger partial charge < -0.3 is 9.67 Å². The number of ketones is 1. The third kappa shape index (κ3) is 3.13. The second kappa shape index (κ2) is 6.55. The zero-order chi connectivity index (χ0) is 14.7. The maximum Gasteiger partial charge on any atom is 0.178 e. The number of hydrogen-bond acceptors (Lipinski definition) is 3. The van der Waals surface area contributed by atoms with Crippen LogP contribution in [0, 0.1) is 19.8 Å². The summed E-state index contributed by atoms with van der Waals surface area (Å²) in [4.78, 5) is 14.7. The van der Waals surface area contributed by atoms with E-state index in [1.165, 1.54) is 0 Å². The summed E-state index contributed by atoms with van der Waals surface area (Å²) >= 11 is 0. The molecule has 4 nitrogen and oxygen atoms in total. The first-order valence-electron chi connectivity index (χ1n) is 7.60. The molecule has 1 N–H and O–H groups in total. The summed E-state index contributed by atoms with van der Waals surface area (Å²) in [6, 6.07) is 2.02. The molecule has 0 saturated carbocycles. The molecule has 1 aliphatic rings. The van der Waals surface area contributed by atoms with E-state index in [1.54, 1.807) is 0 Å². The summed E-state index contributed by atoms with van der Waals surface area (Å²) < 4.78 is 2.19. The van der Waals surface area contributed by atoms with Gasteiger partial charge in [-0.2, -0.15) is 0 Å². The molecule has 0 spiro atoms. The lowest BCUT2D eigenvalue weighted by atomic mass is 10.1. The topological polar surface area (TPSA) is 45.5 Å². The number of Topliss-reactive ketones (excluding diaryl/α,β-unsaturated/α-hetero) is 1. The molecule has 0 aromatic carbocycles. The van der Waals surface area contributed by atoms with Crippen molar-refractivity contribution in [3.63, 3.8) is 0 Å². The van der Waals surface area contributed by atoms with Gasteiger partial charge >= 0.3 is 0 Å². The van der Waals surface area contributed by atoms with Gasteiger partial charge in [-0.05, 0) is 52.1 Å². The van der Waals surface area contributed by atoms with Crippen molar-refractivity contribution in [1.29, 1.82) is 0 Å². The van der Waals surface area contributed by atoms with E-state index < -0.39 is 0 Å². The van der Waals surface area contributed by atoms with Crippen LogP contribution in [-0.2, 0) is 6.54 Å². The Morgan fingerprint density at radius 2 is 2.20 bits per heavy atom. The standard InChI is InChI=1S/C16H26N2O2/c1-4-18-12(2)9-15(13(18)3)16(20)11-17-7-5-14(10-17)6-8-19/h9,14,19H,4-8,10-11H2,1-3H3. The molecule has 2 heterocycles. The highest BCUT2D eigenvalue weighted by molar-refractivity contribution is 5.99. The highest BCUT2D eigenvalue weighted by atomic mass is 16.3. The number of aryl methyl sites for hydroxylation is 1. The van der Waals surface area contributed by atoms with Crippen LogP contribution in [0.5, 0.6) is 0 Å². The number of nitrogens with zero attached hydrogens (tertiary/aromatic N) is 2. The third-order valence-corrected chi connectivity index (χ3v) is 4.46. The van der Waals surface area contributed by atoms with Gasteiger partial charge in [-0.25, -0.2) is 0 Å². The quantitative estimate of drug-likeness (QED) is 0.810. The van der Waals surface area contributed by atoms with E-state index in [9.17, 15) is 4.79 Å². The third-order valence-electron chi connectivity index (χ3n) is 4.46. The first-order valence-corrected chi connectivity index (χ1v) is 7.60. The second-order valence-corrected chi connectivity index (χ2v) is 5.85. The maximum absolute atomic E-state index is 12.5. The minimum Gasteiger partial charge on any atom is -0.396 e. The predicted octanol–water partition coefficient (Wildman–Crippen LogP) is 2.01. The number of hydrogen-bond donors (Lipinski definition) is 1. The number of carbonyl (C=O) groups is 1. The van der Waals surface area contributed by atoms with Crippen LogP contribution in [0.1, 0.15) is 41.5 Å². The summed E-state index contributed by atoms with van der Waals surface area (Å²) in [6.07, 6.45) is 1.96. The lowest BCUT2D eigenvalue weighted by molar-refractivity contribution is 0.0942. The number of aliphatic hydroxyl groups is 1. The Kier molecular flexibility index (Phi) is 5.00. The molecule has 1 unspecified atom stereocenters. The fourth-order valence-corrected chi connectivity index (χ4v) is 3.33. The lowest BCUT2D eigenvalue weighted by Crippen LogP contribution is -2.28. The summed E-state index contributed by atoms with van der Waals surface area (Å²) in [5.74, 6) is 0.776. The molecular formula is C16H26N2O2. The van der Waals surface area contributed by atoms with Gasteiger partial charge in [0.15, 0.2) is 5.78 Å². The molecule has 1 aliphatic heterocycles. The molecule has 4 heteroatoms. The van der Waals surface area contributed by atoms with Crippen LogP contribution >= 0.6 is 0 Å². The molecule has 0 radical (unpaired) electrons. The summed E-state index contributed by atoms with van der Waals surface area (Å²) in [7, 11) is 0. The Morgan fingerprint density at radius 3 is 2.80 bits per heavy atom. The molecule has 2 rings (SSSR count). The molecule has 0 bridgehead atoms. The van der Waals surface area contributed by atoms with Crippen LogP contribution in [0.15, 0.2) is 6.07 Å². The fourth-order valence-electron chi connectivity index (χ4n) is 3.33. The number of carbonyl (C=O) groups excluding carboxylic acids is 1. The molecule has 1 aromatic rings. The zero-order valence-corrected chi connectivity index (χ0v) is 12.9. The van der Waals surface area contributed by atoms with Crippen LogP contribution in [0.2, 0.25) is 0 Å². The second-order valence-electron chi connectivity index (χ2n) is 5.85. The summed E-state index contributed by atoms with van der Waals surface area (Å²) in [5.41, 5.74) is 3.11. The molecule has 1 aromatic heterocycles. The number of aliphatic hydroxyl groups excluding tert-OH is 1. The van der Waals surface area contributed by atoms with Gasteiger partial charge in [0.25, 0.3) is 0 Å². The van der Waals surface area contributed by atoms with Crippen molar-refractivity contribution in [2.45, 2.75) is 40.2 Å². The van der Waals surface area contributed by atoms with E-state index in [0.717, 1.165) is 49.4 Å². The van der Waals surface area contributed by atoms with E-state index in [2.05, 4.69) is 23.3 Å². The largest absolute Gasteiger partial charge is 0.396 e. The fraction of sp³-hybridized carbons (Fsp3) is 0.688. The number of aromatic nitrogens is 1. The normalized spacial score (nSPS) is 19.7. The van der Waals surface area contributed by atoms with E-state index >= 15 is 0 Å². The van der Waals surface area contributed by atoms with Crippen molar-refractivity contribution in [2.75, 3.05) is 26.2 Å². The van der Waals surface area contributed by atoms with Gasteiger partial charge in [0.2, 0.25) is 0 Å². The van der Waals surface area contributed by atoms with E-state index in [-0.39, 0.29) is 12.4 Å². The summed E-state index contributed by atoms with van der Waals surface area (Å²) in [6.45, 7) is 9.78. The van der Waals surface area contributed by atoms with Crippen LogP contribution in [0.3, 0.4) is 0 Å². The first-order chi connectivity index (χ1) is 9.56. The molecule has 1 saturated heterocycles.